The van der Waals surface area contributed by atoms with Crippen LogP contribution in [-0.2, 0) is 0 Å². The molecule has 0 saturated heterocycles. The van der Waals surface area contributed by atoms with E-state index < -0.39 is 0 Å². The van der Waals surface area contributed by atoms with Crippen molar-refractivity contribution in [2.75, 3.05) is 0 Å². The zero-order valence-corrected chi connectivity index (χ0v) is 8.30. The normalized spacial score (nSPS) is 30.5. The Balaban J connectivity index is 2.40. The maximum Gasteiger partial charge on any atom is 0.0991 e. The fourth-order valence-electron chi connectivity index (χ4n) is 1.86. The maximum atomic E-state index is 13.4. The third-order valence-corrected chi connectivity index (χ3v) is 2.66. The number of hydrogen-bond acceptors (Lipinski definition) is 1. The van der Waals surface area contributed by atoms with Crippen LogP contribution in [0.5, 0.6) is 0 Å². The zero-order chi connectivity index (χ0) is 9.68. The Hall–Kier alpha value is -0.370. The lowest BCUT2D eigenvalue weighted by Gasteiger charge is -2.24. The molecule has 1 saturated carbocycles. The predicted molar refractivity (Wildman–Crippen MR) is 52.1 cm³/mol. The van der Waals surface area contributed by atoms with E-state index in [0.717, 1.165) is 32.1 Å². The number of aliphatic hydroxyl groups excluding tert-OH is 1. The Kier molecular flexibility index (Phi) is 4.43. The summed E-state index contributed by atoms with van der Waals surface area (Å²) in [6.07, 6.45) is 6.54. The lowest BCUT2D eigenvalue weighted by molar-refractivity contribution is 0.104. The van der Waals surface area contributed by atoms with Crippen LogP contribution in [0.25, 0.3) is 0 Å². The first-order chi connectivity index (χ1) is 6.24. The first-order valence-electron chi connectivity index (χ1n) is 5.27. The molecule has 0 heterocycles. The second-order valence-corrected chi connectivity index (χ2v) is 3.90. The largest absolute Gasteiger partial charge is 0.393 e. The Morgan fingerprint density at radius 1 is 1.54 bits per heavy atom. The zero-order valence-electron chi connectivity index (χ0n) is 8.30. The van der Waals surface area contributed by atoms with Gasteiger partial charge in [-0.15, -0.1) is 0 Å². The van der Waals surface area contributed by atoms with Gasteiger partial charge in [0.1, 0.15) is 0 Å². The second kappa shape index (κ2) is 5.38. The summed E-state index contributed by atoms with van der Waals surface area (Å²) in [7, 11) is 0. The molecule has 1 nitrogen and oxygen atoms in total. The number of unbranched alkanes of at least 4 members (excludes halogenated alkanes) is 1. The van der Waals surface area contributed by atoms with Crippen LogP contribution >= 0.6 is 0 Å². The second-order valence-electron chi connectivity index (χ2n) is 3.90. The molecule has 0 spiro atoms. The summed E-state index contributed by atoms with van der Waals surface area (Å²) in [6.45, 7) is 2.04. The SMILES string of the molecule is CCC/C=C(/F)[C@@H]1CCCC(O)C1. The first kappa shape index (κ1) is 10.7. The molecule has 0 amide bonds. The number of allylic oxidation sites excluding steroid dienone is 2. The Morgan fingerprint density at radius 2 is 2.31 bits per heavy atom. The van der Waals surface area contributed by atoms with Gasteiger partial charge in [-0.1, -0.05) is 25.8 Å². The predicted octanol–water partition coefficient (Wildman–Crippen LogP) is 3.19. The summed E-state index contributed by atoms with van der Waals surface area (Å²) in [5.41, 5.74) is 0. The average Bonchev–Trinajstić information content (AvgIpc) is 2.14. The molecule has 0 aromatic heterocycles. The van der Waals surface area contributed by atoms with Gasteiger partial charge >= 0.3 is 0 Å². The van der Waals surface area contributed by atoms with Crippen molar-refractivity contribution in [1.29, 1.82) is 0 Å². The molecule has 0 radical (unpaired) electrons. The highest BCUT2D eigenvalue weighted by Gasteiger charge is 2.22. The van der Waals surface area contributed by atoms with Crippen LogP contribution in [0, 0.1) is 5.92 Å². The number of aliphatic hydroxyl groups is 1. The lowest BCUT2D eigenvalue weighted by Crippen LogP contribution is -2.19. The van der Waals surface area contributed by atoms with Crippen molar-refractivity contribution in [3.05, 3.63) is 11.9 Å². The molecule has 76 valence electrons. The standard InChI is InChI=1S/C11H19FO/c1-2-3-7-11(12)9-5-4-6-10(13)8-9/h7,9-10,13H,2-6,8H2,1H3/b11-7+/t9-,10?/m1/s1. The van der Waals surface area contributed by atoms with Gasteiger partial charge in [0.15, 0.2) is 0 Å². The highest BCUT2D eigenvalue weighted by molar-refractivity contribution is 4.99. The van der Waals surface area contributed by atoms with Gasteiger partial charge < -0.3 is 5.11 Å². The van der Waals surface area contributed by atoms with E-state index in [2.05, 4.69) is 0 Å². The van der Waals surface area contributed by atoms with E-state index in [0.29, 0.717) is 6.42 Å². The molecular weight excluding hydrogens is 167 g/mol. The summed E-state index contributed by atoms with van der Waals surface area (Å²) < 4.78 is 13.4. The van der Waals surface area contributed by atoms with E-state index in [4.69, 9.17) is 0 Å². The molecule has 1 fully saturated rings. The molecule has 13 heavy (non-hydrogen) atoms. The van der Waals surface area contributed by atoms with Gasteiger partial charge in [-0.05, 0) is 25.7 Å². The van der Waals surface area contributed by atoms with E-state index in [1.54, 1.807) is 6.08 Å². The maximum absolute atomic E-state index is 13.4. The van der Waals surface area contributed by atoms with Crippen molar-refractivity contribution in [2.24, 2.45) is 5.92 Å². The molecule has 1 aliphatic rings. The van der Waals surface area contributed by atoms with Crippen LogP contribution in [0.3, 0.4) is 0 Å². The fourth-order valence-corrected chi connectivity index (χ4v) is 1.86. The van der Waals surface area contributed by atoms with Gasteiger partial charge in [0.2, 0.25) is 0 Å². The van der Waals surface area contributed by atoms with Crippen LogP contribution in [0.2, 0.25) is 0 Å². The Labute approximate surface area is 79.7 Å². The topological polar surface area (TPSA) is 20.2 Å². The van der Waals surface area contributed by atoms with Crippen molar-refractivity contribution >= 4 is 0 Å². The van der Waals surface area contributed by atoms with Gasteiger partial charge in [0.05, 0.1) is 11.9 Å². The van der Waals surface area contributed by atoms with E-state index in [1.165, 1.54) is 0 Å². The van der Waals surface area contributed by atoms with E-state index in [9.17, 15) is 9.50 Å². The minimum atomic E-state index is -0.278. The average molecular weight is 186 g/mol. The van der Waals surface area contributed by atoms with Crippen LogP contribution in [0.15, 0.2) is 11.9 Å². The Bertz CT molecular complexity index is 177. The number of rotatable bonds is 3. The molecule has 1 N–H and O–H groups in total. The molecule has 0 aromatic carbocycles. The Morgan fingerprint density at radius 3 is 2.92 bits per heavy atom. The monoisotopic (exact) mass is 186 g/mol. The van der Waals surface area contributed by atoms with Gasteiger partial charge in [-0.3, -0.25) is 0 Å². The molecule has 1 rings (SSSR count). The minimum absolute atomic E-state index is 0.000556. The minimum Gasteiger partial charge on any atom is -0.393 e. The molecular formula is C11H19FO. The van der Waals surface area contributed by atoms with Crippen molar-refractivity contribution in [3.8, 4) is 0 Å². The highest BCUT2D eigenvalue weighted by atomic mass is 19.1. The first-order valence-corrected chi connectivity index (χ1v) is 5.27. The fraction of sp³-hybridized carbons (Fsp3) is 0.818. The summed E-state index contributed by atoms with van der Waals surface area (Å²) in [6, 6.07) is 0. The van der Waals surface area contributed by atoms with Crippen LogP contribution in [0.4, 0.5) is 4.39 Å². The van der Waals surface area contributed by atoms with Crippen molar-refractivity contribution in [2.45, 2.75) is 51.6 Å². The van der Waals surface area contributed by atoms with E-state index in [1.807, 2.05) is 6.92 Å². The van der Waals surface area contributed by atoms with Crippen molar-refractivity contribution < 1.29 is 9.50 Å². The lowest BCUT2D eigenvalue weighted by atomic mass is 9.86. The third kappa shape index (κ3) is 3.47. The van der Waals surface area contributed by atoms with Gasteiger partial charge in [-0.2, -0.15) is 0 Å². The van der Waals surface area contributed by atoms with Crippen LogP contribution in [-0.4, -0.2) is 11.2 Å². The van der Waals surface area contributed by atoms with E-state index in [-0.39, 0.29) is 17.8 Å². The molecule has 0 aliphatic heterocycles. The summed E-state index contributed by atoms with van der Waals surface area (Å²) in [5, 5.41) is 9.36. The summed E-state index contributed by atoms with van der Waals surface area (Å²) in [4.78, 5) is 0. The molecule has 1 aliphatic carbocycles. The number of hydrogen-bond donors (Lipinski definition) is 1. The van der Waals surface area contributed by atoms with Crippen molar-refractivity contribution in [1.82, 2.24) is 0 Å². The van der Waals surface area contributed by atoms with Crippen molar-refractivity contribution in [3.63, 3.8) is 0 Å². The quantitative estimate of drug-likeness (QED) is 0.717. The third-order valence-electron chi connectivity index (χ3n) is 2.66. The molecule has 2 heteroatoms. The van der Waals surface area contributed by atoms with Crippen LogP contribution < -0.4 is 0 Å². The van der Waals surface area contributed by atoms with Gasteiger partial charge in [-0.25, -0.2) is 4.39 Å². The molecule has 2 atom stereocenters. The highest BCUT2D eigenvalue weighted by Crippen LogP contribution is 2.30. The number of halogens is 1. The van der Waals surface area contributed by atoms with Crippen LogP contribution in [0.1, 0.15) is 45.4 Å². The van der Waals surface area contributed by atoms with E-state index >= 15 is 0 Å². The molecule has 0 bridgehead atoms. The molecule has 0 aromatic rings. The smallest absolute Gasteiger partial charge is 0.0991 e. The van der Waals surface area contributed by atoms with Gasteiger partial charge in [0, 0.05) is 5.92 Å². The van der Waals surface area contributed by atoms with Gasteiger partial charge in [0.25, 0.3) is 0 Å². The summed E-state index contributed by atoms with van der Waals surface area (Å²) >= 11 is 0. The summed E-state index contributed by atoms with van der Waals surface area (Å²) in [5.74, 6) is -0.00380. The molecule has 1 unspecified atom stereocenters.